The second-order valence-corrected chi connectivity index (χ2v) is 20.8. The molecular weight excluding hydrogens is 721 g/mol. The van der Waals surface area contributed by atoms with Crippen molar-refractivity contribution < 1.29 is 41.2 Å². The molecule has 5 atom stereocenters. The fraction of sp³-hybridized carbons (Fsp3) is 0.821. The summed E-state index contributed by atoms with van der Waals surface area (Å²) in [5, 5.41) is 11.1. The van der Waals surface area contributed by atoms with E-state index in [0.717, 1.165) is 38.5 Å². The maximum atomic E-state index is 14.9. The first kappa shape index (κ1) is 43.6. The standard InChI is InChI=1S/C39H63F2N5O7S/c1-8-22-42-33(49)30(47)26(16-15-17-27(40)41)43-32(48)29-28-25(37(28,5)6)23-46(29)34(50)31(38(7)18-11-9-12-19-38)44-35(51)45-39(20-13-10-14-21-39)24-54(52,53)36(2,3)4/h8,25-29,31H,1,9-24H2,2-7H3,(H,42,49)(H,43,48)(H2,44,45,51)/t25-,26-,28?,29-,31+/m0/s1. The zero-order valence-electron chi connectivity index (χ0n) is 33.0. The van der Waals surface area contributed by atoms with Gasteiger partial charge in [0.15, 0.2) is 9.84 Å². The zero-order valence-corrected chi connectivity index (χ0v) is 33.8. The number of sulfone groups is 1. The van der Waals surface area contributed by atoms with Crippen LogP contribution < -0.4 is 21.3 Å². The highest BCUT2D eigenvalue weighted by atomic mass is 32.2. The molecule has 1 saturated heterocycles. The summed E-state index contributed by atoms with van der Waals surface area (Å²) in [6, 6.07) is -4.08. The molecule has 1 heterocycles. The minimum absolute atomic E-state index is 0.000618. The normalized spacial score (nSPS) is 25.4. The number of hydrogen-bond donors (Lipinski definition) is 4. The SMILES string of the molecule is C=CCNC(=O)C(=O)[C@H](CCCC(F)F)NC(=O)[C@@H]1C2[C@H](CN1C(=O)[C@@H](NC(=O)NC1(CS(=O)(=O)C(C)(C)C)CCCCC1)C1(C)CCCCC1)C2(C)C. The van der Waals surface area contributed by atoms with Gasteiger partial charge in [0.1, 0.15) is 12.1 Å². The van der Waals surface area contributed by atoms with Crippen LogP contribution in [0.5, 0.6) is 0 Å². The van der Waals surface area contributed by atoms with Gasteiger partial charge in [-0.2, -0.15) is 0 Å². The lowest BCUT2D eigenvalue weighted by molar-refractivity contribution is -0.146. The lowest BCUT2D eigenvalue weighted by Crippen LogP contribution is -2.65. The third kappa shape index (κ3) is 9.82. The number of halogens is 2. The van der Waals surface area contributed by atoms with Crippen LogP contribution in [-0.2, 0) is 29.0 Å². The van der Waals surface area contributed by atoms with Crippen LogP contribution in [0.2, 0.25) is 0 Å². The summed E-state index contributed by atoms with van der Waals surface area (Å²) in [5.41, 5.74) is -1.97. The van der Waals surface area contributed by atoms with Crippen LogP contribution in [0.25, 0.3) is 0 Å². The van der Waals surface area contributed by atoms with Gasteiger partial charge in [0.2, 0.25) is 24.0 Å². The van der Waals surface area contributed by atoms with E-state index in [1.807, 2.05) is 20.8 Å². The largest absolute Gasteiger partial charge is 0.346 e. The molecule has 0 radical (unpaired) electrons. The number of likely N-dealkylation sites (tertiary alicyclic amines) is 1. The number of carbonyl (C=O) groups is 5. The Bertz CT molecular complexity index is 1530. The number of Topliss-reactive ketones (excluding diaryl/α,β-unsaturated/α-hetero) is 1. The minimum Gasteiger partial charge on any atom is -0.346 e. The van der Waals surface area contributed by atoms with E-state index in [0.29, 0.717) is 25.7 Å². The average molecular weight is 784 g/mol. The van der Waals surface area contributed by atoms with E-state index in [-0.39, 0.29) is 48.9 Å². The van der Waals surface area contributed by atoms with E-state index in [9.17, 15) is 41.2 Å². The van der Waals surface area contributed by atoms with Gasteiger partial charge >= 0.3 is 6.03 Å². The van der Waals surface area contributed by atoms with Crippen LogP contribution in [0.1, 0.15) is 125 Å². The van der Waals surface area contributed by atoms with Crippen LogP contribution in [0.4, 0.5) is 13.6 Å². The topological polar surface area (TPSA) is 171 Å². The number of hydrogen-bond acceptors (Lipinski definition) is 7. The Labute approximate surface area is 320 Å². The quantitative estimate of drug-likeness (QED) is 0.129. The third-order valence-electron chi connectivity index (χ3n) is 12.7. The molecule has 15 heteroatoms. The molecule has 3 aliphatic carbocycles. The molecule has 4 fully saturated rings. The zero-order chi connectivity index (χ0) is 40.3. The minimum atomic E-state index is -3.61. The molecule has 4 rings (SSSR count). The van der Waals surface area contributed by atoms with Crippen molar-refractivity contribution in [2.24, 2.45) is 22.7 Å². The highest BCUT2D eigenvalue weighted by Gasteiger charge is 2.70. The third-order valence-corrected chi connectivity index (χ3v) is 15.5. The second-order valence-electron chi connectivity index (χ2n) is 18.1. The summed E-state index contributed by atoms with van der Waals surface area (Å²) in [5.74, 6) is -3.58. The Balaban J connectivity index is 1.62. The predicted octanol–water partition coefficient (Wildman–Crippen LogP) is 4.82. The Morgan fingerprint density at radius 2 is 1.50 bits per heavy atom. The van der Waals surface area contributed by atoms with Gasteiger partial charge in [0, 0.05) is 19.5 Å². The molecule has 4 N–H and O–H groups in total. The molecule has 1 aliphatic heterocycles. The molecule has 0 aromatic carbocycles. The molecule has 0 spiro atoms. The molecule has 12 nitrogen and oxygen atoms in total. The van der Waals surface area contributed by atoms with Gasteiger partial charge in [-0.25, -0.2) is 22.0 Å². The summed E-state index contributed by atoms with van der Waals surface area (Å²) < 4.78 is 52.0. The molecule has 54 heavy (non-hydrogen) atoms. The van der Waals surface area contributed by atoms with Gasteiger partial charge in [0.05, 0.1) is 22.1 Å². The van der Waals surface area contributed by atoms with Gasteiger partial charge in [-0.05, 0) is 82.0 Å². The number of nitrogens with one attached hydrogen (secondary N) is 4. The Morgan fingerprint density at radius 1 is 0.907 bits per heavy atom. The van der Waals surface area contributed by atoms with Crippen molar-refractivity contribution in [2.75, 3.05) is 18.8 Å². The maximum absolute atomic E-state index is 14.9. The number of ketones is 1. The summed E-state index contributed by atoms with van der Waals surface area (Å²) in [4.78, 5) is 70.5. The van der Waals surface area contributed by atoms with Crippen molar-refractivity contribution in [2.45, 2.75) is 160 Å². The number of piperidine rings is 1. The molecule has 306 valence electrons. The molecule has 0 bridgehead atoms. The first-order chi connectivity index (χ1) is 25.1. The fourth-order valence-electron chi connectivity index (χ4n) is 9.10. The molecule has 4 aliphatic rings. The van der Waals surface area contributed by atoms with Gasteiger partial charge < -0.3 is 26.2 Å². The molecule has 5 amide bonds. The van der Waals surface area contributed by atoms with E-state index in [2.05, 4.69) is 27.8 Å². The van der Waals surface area contributed by atoms with Crippen molar-refractivity contribution in [1.29, 1.82) is 0 Å². The first-order valence-corrected chi connectivity index (χ1v) is 21.4. The highest BCUT2D eigenvalue weighted by Crippen LogP contribution is 2.65. The lowest BCUT2D eigenvalue weighted by atomic mass is 9.70. The van der Waals surface area contributed by atoms with E-state index in [4.69, 9.17) is 0 Å². The van der Waals surface area contributed by atoms with E-state index in [1.165, 1.54) is 11.0 Å². The monoisotopic (exact) mass is 783 g/mol. The Kier molecular flexibility index (Phi) is 13.7. The van der Waals surface area contributed by atoms with Crippen molar-refractivity contribution >= 4 is 39.4 Å². The van der Waals surface area contributed by atoms with Crippen molar-refractivity contribution in [3.05, 3.63) is 12.7 Å². The predicted molar refractivity (Wildman–Crippen MR) is 202 cm³/mol. The molecule has 0 aromatic heterocycles. The second kappa shape index (κ2) is 17.0. The van der Waals surface area contributed by atoms with Crippen molar-refractivity contribution in [1.82, 2.24) is 26.2 Å². The number of amides is 5. The van der Waals surface area contributed by atoms with E-state index in [1.54, 1.807) is 20.8 Å². The number of carbonyl (C=O) groups excluding carboxylic acids is 5. The van der Waals surface area contributed by atoms with Crippen LogP contribution in [-0.4, -0.2) is 96.5 Å². The number of alkyl halides is 2. The van der Waals surface area contributed by atoms with Crippen LogP contribution in [0, 0.1) is 22.7 Å². The van der Waals surface area contributed by atoms with Gasteiger partial charge in [-0.1, -0.05) is 65.4 Å². The highest BCUT2D eigenvalue weighted by molar-refractivity contribution is 7.92. The van der Waals surface area contributed by atoms with E-state index < -0.39 is 86.0 Å². The summed E-state index contributed by atoms with van der Waals surface area (Å²) in [7, 11) is -3.61. The van der Waals surface area contributed by atoms with Gasteiger partial charge in [-0.15, -0.1) is 6.58 Å². The van der Waals surface area contributed by atoms with Crippen LogP contribution in [0.15, 0.2) is 12.7 Å². The first-order valence-electron chi connectivity index (χ1n) is 19.7. The molecule has 3 saturated carbocycles. The number of fused-ring (bicyclic) bond motifs is 1. The molecular formula is C39H63F2N5O7S. The van der Waals surface area contributed by atoms with Gasteiger partial charge in [-0.3, -0.25) is 19.2 Å². The van der Waals surface area contributed by atoms with E-state index >= 15 is 0 Å². The number of rotatable bonds is 16. The smallest absolute Gasteiger partial charge is 0.315 e. The van der Waals surface area contributed by atoms with Crippen LogP contribution in [0.3, 0.4) is 0 Å². The average Bonchev–Trinajstić information content (AvgIpc) is 3.38. The maximum Gasteiger partial charge on any atom is 0.315 e. The van der Waals surface area contributed by atoms with Gasteiger partial charge in [0.25, 0.3) is 5.91 Å². The fourth-order valence-corrected chi connectivity index (χ4v) is 10.6. The van der Waals surface area contributed by atoms with Crippen LogP contribution >= 0.6 is 0 Å². The lowest BCUT2D eigenvalue weighted by Gasteiger charge is -2.44. The summed E-state index contributed by atoms with van der Waals surface area (Å²) in [6.07, 6.45) is 5.30. The van der Waals surface area contributed by atoms with Crippen molar-refractivity contribution in [3.63, 3.8) is 0 Å². The van der Waals surface area contributed by atoms with Crippen molar-refractivity contribution in [3.8, 4) is 0 Å². The molecule has 0 aromatic rings. The molecule has 1 unspecified atom stereocenters. The Hall–Kier alpha value is -3.10. The Morgan fingerprint density at radius 3 is 2.06 bits per heavy atom. The number of nitrogens with zero attached hydrogens (tertiary/aromatic N) is 1. The summed E-state index contributed by atoms with van der Waals surface area (Å²) >= 11 is 0. The summed E-state index contributed by atoms with van der Waals surface area (Å²) in [6.45, 7) is 14.6. The number of urea groups is 1.